The highest BCUT2D eigenvalue weighted by Gasteiger charge is 2.30. The fraction of sp³-hybridized carbons (Fsp3) is 0.556. The van der Waals surface area contributed by atoms with Gasteiger partial charge in [0.15, 0.2) is 0 Å². The average Bonchev–Trinajstić information content (AvgIpc) is 2.73. The zero-order chi connectivity index (χ0) is 14.0. The number of hydrogen-bond donors (Lipinski definition) is 1. The highest BCUT2D eigenvalue weighted by molar-refractivity contribution is 7.91. The van der Waals surface area contributed by atoms with Crippen LogP contribution in [0.2, 0.25) is 0 Å². The lowest BCUT2D eigenvalue weighted by atomic mass is 10.4. The van der Waals surface area contributed by atoms with E-state index in [1.54, 1.807) is 6.07 Å². The van der Waals surface area contributed by atoms with Crippen molar-refractivity contribution in [1.29, 1.82) is 0 Å². The third-order valence-electron chi connectivity index (χ3n) is 2.21. The quantitative estimate of drug-likeness (QED) is 0.902. The van der Waals surface area contributed by atoms with Gasteiger partial charge in [-0.25, -0.2) is 8.42 Å². The monoisotopic (exact) mass is 302 g/mol. The second-order valence-electron chi connectivity index (χ2n) is 3.62. The van der Waals surface area contributed by atoms with Crippen molar-refractivity contribution in [3.63, 3.8) is 0 Å². The molecule has 104 valence electrons. The summed E-state index contributed by atoms with van der Waals surface area (Å²) in [4.78, 5) is 0.665. The molecule has 1 aromatic heterocycles. The molecule has 0 bridgehead atoms. The van der Waals surface area contributed by atoms with Crippen molar-refractivity contribution in [2.45, 2.75) is 23.4 Å². The standard InChI is InChI=1S/C9H13F3N2O2S2/c1-14(5-4-9(10,11)12)18(15,16)8-3-2-7(6-13)17-8/h2-3H,4-6,13H2,1H3. The molecule has 2 N–H and O–H groups in total. The lowest BCUT2D eigenvalue weighted by molar-refractivity contribution is -0.135. The molecule has 0 aliphatic carbocycles. The summed E-state index contributed by atoms with van der Waals surface area (Å²) < 4.78 is 60.6. The minimum atomic E-state index is -4.37. The maximum atomic E-state index is 12.0. The first-order valence-corrected chi connectivity index (χ1v) is 7.24. The minimum Gasteiger partial charge on any atom is -0.326 e. The number of alkyl halides is 3. The fourth-order valence-corrected chi connectivity index (χ4v) is 3.78. The second kappa shape index (κ2) is 5.55. The van der Waals surface area contributed by atoms with Crippen molar-refractivity contribution in [2.24, 2.45) is 5.73 Å². The van der Waals surface area contributed by atoms with E-state index in [1.165, 1.54) is 6.07 Å². The Kier molecular flexibility index (Phi) is 4.76. The van der Waals surface area contributed by atoms with Crippen LogP contribution in [0.5, 0.6) is 0 Å². The molecule has 0 spiro atoms. The van der Waals surface area contributed by atoms with E-state index in [0.717, 1.165) is 18.4 Å². The van der Waals surface area contributed by atoms with E-state index in [9.17, 15) is 21.6 Å². The number of nitrogens with two attached hydrogens (primary N) is 1. The molecule has 18 heavy (non-hydrogen) atoms. The Bertz CT molecular complexity index is 496. The summed E-state index contributed by atoms with van der Waals surface area (Å²) in [5.41, 5.74) is 5.35. The Labute approximate surface area is 107 Å². The van der Waals surface area contributed by atoms with Gasteiger partial charge in [0.25, 0.3) is 10.0 Å². The molecule has 0 aliphatic rings. The van der Waals surface area contributed by atoms with E-state index in [4.69, 9.17) is 5.73 Å². The molecular formula is C9H13F3N2O2S2. The molecule has 0 unspecified atom stereocenters. The maximum absolute atomic E-state index is 12.0. The molecule has 0 atom stereocenters. The van der Waals surface area contributed by atoms with E-state index in [0.29, 0.717) is 9.18 Å². The zero-order valence-electron chi connectivity index (χ0n) is 9.57. The predicted octanol–water partition coefficient (Wildman–Crippen LogP) is 1.78. The van der Waals surface area contributed by atoms with Gasteiger partial charge in [-0.05, 0) is 12.1 Å². The molecule has 4 nitrogen and oxygen atoms in total. The van der Waals surface area contributed by atoms with Crippen LogP contribution in [-0.2, 0) is 16.6 Å². The van der Waals surface area contributed by atoms with Crippen molar-refractivity contribution in [1.82, 2.24) is 4.31 Å². The summed E-state index contributed by atoms with van der Waals surface area (Å²) in [5, 5.41) is 0. The molecular weight excluding hydrogens is 289 g/mol. The SMILES string of the molecule is CN(CCC(F)(F)F)S(=O)(=O)c1ccc(CN)s1. The number of hydrogen-bond acceptors (Lipinski definition) is 4. The molecule has 0 aliphatic heterocycles. The van der Waals surface area contributed by atoms with Crippen molar-refractivity contribution in [2.75, 3.05) is 13.6 Å². The summed E-state index contributed by atoms with van der Waals surface area (Å²) in [6.07, 6.45) is -5.54. The van der Waals surface area contributed by atoms with E-state index >= 15 is 0 Å². The van der Waals surface area contributed by atoms with Crippen LogP contribution in [0.25, 0.3) is 0 Å². The third-order valence-corrected chi connectivity index (χ3v) is 5.64. The van der Waals surface area contributed by atoms with Gasteiger partial charge in [-0.15, -0.1) is 11.3 Å². The first kappa shape index (κ1) is 15.4. The molecule has 0 aromatic carbocycles. The van der Waals surface area contributed by atoms with Gasteiger partial charge < -0.3 is 5.73 Å². The topological polar surface area (TPSA) is 63.4 Å². The van der Waals surface area contributed by atoms with Gasteiger partial charge in [-0.3, -0.25) is 0 Å². The number of thiophene rings is 1. The Hall–Kier alpha value is -0.640. The Balaban J connectivity index is 2.80. The third kappa shape index (κ3) is 3.94. The molecule has 0 amide bonds. The number of nitrogens with zero attached hydrogens (tertiary/aromatic N) is 1. The van der Waals surface area contributed by atoms with Crippen LogP contribution < -0.4 is 5.73 Å². The highest BCUT2D eigenvalue weighted by atomic mass is 32.2. The summed E-state index contributed by atoms with van der Waals surface area (Å²) in [6.45, 7) is -0.395. The van der Waals surface area contributed by atoms with Crippen LogP contribution in [0.15, 0.2) is 16.3 Å². The number of sulfonamides is 1. The normalized spacial score (nSPS) is 13.2. The van der Waals surface area contributed by atoms with Gasteiger partial charge in [-0.1, -0.05) is 0 Å². The van der Waals surface area contributed by atoms with Crippen molar-refractivity contribution in [3.05, 3.63) is 17.0 Å². The summed E-state index contributed by atoms with van der Waals surface area (Å²) in [7, 11) is -2.73. The van der Waals surface area contributed by atoms with Crippen LogP contribution >= 0.6 is 11.3 Å². The van der Waals surface area contributed by atoms with Crippen molar-refractivity contribution < 1.29 is 21.6 Å². The maximum Gasteiger partial charge on any atom is 0.390 e. The Morgan fingerprint density at radius 2 is 2.00 bits per heavy atom. The molecule has 0 fully saturated rings. The summed E-state index contributed by atoms with van der Waals surface area (Å²) in [6, 6.07) is 2.90. The average molecular weight is 302 g/mol. The Morgan fingerprint density at radius 3 is 2.44 bits per heavy atom. The molecule has 1 rings (SSSR count). The molecule has 1 aromatic rings. The Morgan fingerprint density at radius 1 is 1.39 bits per heavy atom. The number of rotatable bonds is 5. The molecule has 0 radical (unpaired) electrons. The molecule has 0 saturated heterocycles. The molecule has 1 heterocycles. The molecule has 9 heteroatoms. The van der Waals surface area contributed by atoms with Crippen LogP contribution in [0, 0.1) is 0 Å². The summed E-state index contributed by atoms with van der Waals surface area (Å²) >= 11 is 0.966. The van der Waals surface area contributed by atoms with Crippen LogP contribution in [-0.4, -0.2) is 32.5 Å². The lowest BCUT2D eigenvalue weighted by Crippen LogP contribution is -2.30. The van der Waals surface area contributed by atoms with Gasteiger partial charge in [-0.2, -0.15) is 17.5 Å². The van der Waals surface area contributed by atoms with Gasteiger partial charge in [0.1, 0.15) is 4.21 Å². The number of halogens is 3. The zero-order valence-corrected chi connectivity index (χ0v) is 11.2. The summed E-state index contributed by atoms with van der Waals surface area (Å²) in [5.74, 6) is 0. The first-order chi connectivity index (χ1) is 8.16. The van der Waals surface area contributed by atoms with Crippen LogP contribution in [0.3, 0.4) is 0 Å². The van der Waals surface area contributed by atoms with Crippen LogP contribution in [0.1, 0.15) is 11.3 Å². The van der Waals surface area contributed by atoms with E-state index in [2.05, 4.69) is 0 Å². The van der Waals surface area contributed by atoms with Gasteiger partial charge in [0, 0.05) is 25.0 Å². The largest absolute Gasteiger partial charge is 0.390 e. The first-order valence-electron chi connectivity index (χ1n) is 4.98. The van der Waals surface area contributed by atoms with E-state index in [-0.39, 0.29) is 10.8 Å². The van der Waals surface area contributed by atoms with Crippen molar-refractivity contribution in [3.8, 4) is 0 Å². The van der Waals surface area contributed by atoms with Gasteiger partial charge in [0.05, 0.1) is 6.42 Å². The molecule has 0 saturated carbocycles. The second-order valence-corrected chi connectivity index (χ2v) is 7.06. The van der Waals surface area contributed by atoms with Crippen LogP contribution in [0.4, 0.5) is 13.2 Å². The van der Waals surface area contributed by atoms with Crippen molar-refractivity contribution >= 4 is 21.4 Å². The fourth-order valence-electron chi connectivity index (χ4n) is 1.16. The lowest BCUT2D eigenvalue weighted by Gasteiger charge is -2.16. The van der Waals surface area contributed by atoms with E-state index < -0.39 is 29.2 Å². The van der Waals surface area contributed by atoms with Gasteiger partial charge in [0.2, 0.25) is 0 Å². The highest BCUT2D eigenvalue weighted by Crippen LogP contribution is 2.26. The smallest absolute Gasteiger partial charge is 0.326 e. The van der Waals surface area contributed by atoms with E-state index in [1.807, 2.05) is 0 Å². The van der Waals surface area contributed by atoms with Gasteiger partial charge >= 0.3 is 6.18 Å². The predicted molar refractivity (Wildman–Crippen MR) is 62.7 cm³/mol. The minimum absolute atomic E-state index is 0.00706.